The van der Waals surface area contributed by atoms with Gasteiger partial charge in [-0.2, -0.15) is 10.2 Å². The Balaban J connectivity index is 0.000000157. The minimum Gasteiger partial charge on any atom is -0.301 e. The summed E-state index contributed by atoms with van der Waals surface area (Å²) in [6, 6.07) is 30.9. The Morgan fingerprint density at radius 3 is 1.78 bits per heavy atom. The normalized spacial score (nSPS) is 11.3. The Morgan fingerprint density at radius 1 is 0.574 bits per heavy atom. The predicted octanol–water partition coefficient (Wildman–Crippen LogP) is 7.12. The van der Waals surface area contributed by atoms with Crippen molar-refractivity contribution in [1.82, 2.24) is 38.7 Å². The van der Waals surface area contributed by atoms with Crippen LogP contribution < -0.4 is 11.1 Å². The molecule has 4 heterocycles. The van der Waals surface area contributed by atoms with Crippen molar-refractivity contribution < 1.29 is 8.78 Å². The van der Waals surface area contributed by atoms with Gasteiger partial charge in [0.05, 0.1) is 59.3 Å². The van der Waals surface area contributed by atoms with Gasteiger partial charge in [0.25, 0.3) is 11.1 Å². The van der Waals surface area contributed by atoms with Crippen molar-refractivity contribution in [3.05, 3.63) is 178 Å². The largest absolute Gasteiger partial charge is 0.301 e. The molecule has 0 saturated carbocycles. The van der Waals surface area contributed by atoms with Crippen LogP contribution >= 0.6 is 0 Å². The van der Waals surface area contributed by atoms with E-state index in [1.807, 2.05) is 68.1 Å². The van der Waals surface area contributed by atoms with Crippen LogP contribution in [0.1, 0.15) is 11.1 Å². The van der Waals surface area contributed by atoms with E-state index < -0.39 is 17.2 Å². The van der Waals surface area contributed by atoms with Crippen molar-refractivity contribution in [2.45, 2.75) is 13.1 Å². The zero-order valence-electron chi connectivity index (χ0n) is 29.3. The smallest absolute Gasteiger partial charge is 0.269 e. The summed E-state index contributed by atoms with van der Waals surface area (Å²) >= 11 is 0. The minimum atomic E-state index is -0.710. The average molecular weight is 719 g/mol. The molecule has 9 rings (SSSR count). The molecule has 0 N–H and O–H groups in total. The monoisotopic (exact) mass is 718 g/mol. The van der Waals surface area contributed by atoms with Gasteiger partial charge in [0, 0.05) is 43.0 Å². The number of hydrogen-bond acceptors (Lipinski definition) is 6. The molecule has 0 amide bonds. The molecular weight excluding hydrogens is 687 g/mol. The van der Waals surface area contributed by atoms with Crippen molar-refractivity contribution in [1.29, 1.82) is 0 Å². The third-order valence-corrected chi connectivity index (χ3v) is 9.27. The van der Waals surface area contributed by atoms with Gasteiger partial charge in [-0.1, -0.05) is 60.7 Å². The van der Waals surface area contributed by atoms with Gasteiger partial charge >= 0.3 is 0 Å². The number of nitrogens with zero attached hydrogens (tertiary/aromatic N) is 8. The molecule has 0 aliphatic carbocycles. The summed E-state index contributed by atoms with van der Waals surface area (Å²) < 4.78 is 36.6. The van der Waals surface area contributed by atoms with Crippen molar-refractivity contribution in [3.8, 4) is 22.3 Å². The zero-order chi connectivity index (χ0) is 37.3. The number of para-hydroxylation sites is 4. The fourth-order valence-electron chi connectivity index (χ4n) is 6.59. The highest BCUT2D eigenvalue weighted by molar-refractivity contribution is 5.94. The maximum absolute atomic E-state index is 15.0. The maximum atomic E-state index is 15.0. The van der Waals surface area contributed by atoms with Crippen LogP contribution in [-0.4, -0.2) is 38.7 Å². The number of aromatic nitrogens is 8. The van der Waals surface area contributed by atoms with Crippen LogP contribution in [0.25, 0.3) is 55.2 Å². The Kier molecular flexibility index (Phi) is 8.92. The minimum absolute atomic E-state index is 0.0926. The molecule has 5 aromatic carbocycles. The third kappa shape index (κ3) is 6.68. The maximum Gasteiger partial charge on any atom is 0.269 e. The molecule has 0 fully saturated rings. The van der Waals surface area contributed by atoms with Crippen molar-refractivity contribution in [2.24, 2.45) is 14.1 Å². The van der Waals surface area contributed by atoms with E-state index in [-0.39, 0.29) is 17.7 Å². The highest BCUT2D eigenvalue weighted by Gasteiger charge is 2.17. The molecule has 266 valence electrons. The van der Waals surface area contributed by atoms with E-state index >= 15 is 8.78 Å². The second kappa shape index (κ2) is 14.2. The second-order valence-electron chi connectivity index (χ2n) is 12.9. The number of rotatable bonds is 6. The van der Waals surface area contributed by atoms with Crippen LogP contribution in [0.3, 0.4) is 0 Å². The lowest BCUT2D eigenvalue weighted by Crippen LogP contribution is -2.22. The van der Waals surface area contributed by atoms with E-state index in [4.69, 9.17) is 0 Å². The van der Waals surface area contributed by atoms with Crippen LogP contribution in [-0.2, 0) is 27.2 Å². The molecule has 0 radical (unpaired) electrons. The summed E-state index contributed by atoms with van der Waals surface area (Å²) in [7, 11) is 3.70. The first-order chi connectivity index (χ1) is 26.2. The van der Waals surface area contributed by atoms with Gasteiger partial charge in [0.1, 0.15) is 11.6 Å². The molecule has 0 aliphatic heterocycles. The van der Waals surface area contributed by atoms with Gasteiger partial charge in [0.15, 0.2) is 0 Å². The van der Waals surface area contributed by atoms with E-state index in [1.54, 1.807) is 57.4 Å². The van der Waals surface area contributed by atoms with Gasteiger partial charge in [-0.15, -0.1) is 0 Å². The van der Waals surface area contributed by atoms with E-state index in [2.05, 4.69) is 32.3 Å². The molecule has 0 unspecified atom stereocenters. The second-order valence-corrected chi connectivity index (χ2v) is 12.9. The highest BCUT2D eigenvalue weighted by atomic mass is 19.1. The Bertz CT molecular complexity index is 2920. The lowest BCUT2D eigenvalue weighted by Gasteiger charge is -2.13. The molecule has 0 spiro atoms. The Hall–Kier alpha value is -7.08. The van der Waals surface area contributed by atoms with Crippen LogP contribution in [0.5, 0.6) is 0 Å². The first-order valence-electron chi connectivity index (χ1n) is 17.1. The van der Waals surface area contributed by atoms with Crippen molar-refractivity contribution in [3.63, 3.8) is 0 Å². The highest BCUT2D eigenvalue weighted by Crippen LogP contribution is 2.31. The molecule has 0 aliphatic rings. The van der Waals surface area contributed by atoms with Gasteiger partial charge in [-0.25, -0.2) is 18.7 Å². The summed E-state index contributed by atoms with van der Waals surface area (Å²) in [5.41, 5.74) is 7.20. The molecule has 0 saturated heterocycles. The fourth-order valence-corrected chi connectivity index (χ4v) is 6.59. The predicted molar refractivity (Wildman–Crippen MR) is 205 cm³/mol. The Labute approximate surface area is 306 Å². The summed E-state index contributed by atoms with van der Waals surface area (Å²) in [6.45, 7) is 0.298. The van der Waals surface area contributed by atoms with Gasteiger partial charge < -0.3 is 9.13 Å². The number of aryl methyl sites for hydroxylation is 2. The molecule has 12 heteroatoms. The first-order valence-corrected chi connectivity index (χ1v) is 17.1. The topological polar surface area (TPSA) is 105 Å². The molecule has 4 aromatic heterocycles. The Morgan fingerprint density at radius 2 is 1.17 bits per heavy atom. The van der Waals surface area contributed by atoms with E-state index in [0.717, 1.165) is 44.8 Å². The van der Waals surface area contributed by atoms with Crippen LogP contribution in [0.2, 0.25) is 0 Å². The molecule has 9 aromatic rings. The van der Waals surface area contributed by atoms with E-state index in [1.165, 1.54) is 22.9 Å². The van der Waals surface area contributed by atoms with Gasteiger partial charge in [-0.05, 0) is 64.7 Å². The van der Waals surface area contributed by atoms with E-state index in [9.17, 15) is 9.59 Å². The summed E-state index contributed by atoms with van der Waals surface area (Å²) in [6.07, 6.45) is 8.19. The van der Waals surface area contributed by atoms with Crippen molar-refractivity contribution in [2.75, 3.05) is 0 Å². The number of halogens is 2. The van der Waals surface area contributed by atoms with Gasteiger partial charge in [0.2, 0.25) is 0 Å². The van der Waals surface area contributed by atoms with Gasteiger partial charge in [-0.3, -0.25) is 19.0 Å². The first kappa shape index (κ1) is 34.0. The summed E-state index contributed by atoms with van der Waals surface area (Å²) in [5, 5.41) is 9.34. The van der Waals surface area contributed by atoms with Crippen LogP contribution in [0.4, 0.5) is 8.78 Å². The lowest BCUT2D eigenvalue weighted by atomic mass is 10.00. The number of fused-ring (bicyclic) bond motifs is 3. The quantitative estimate of drug-likeness (QED) is 0.181. The molecule has 54 heavy (non-hydrogen) atoms. The SMILES string of the molecule is Cn1cc(-c2ccc(Cn3c(=O)cnc4ccccc43)cc2)cn1.Cn1cc2c(-c3cc(F)c(Cn4c(=O)cnc5ccccc54)c(F)c3)cccc2n1. The van der Waals surface area contributed by atoms with E-state index in [0.29, 0.717) is 28.7 Å². The fraction of sp³-hybridized carbons (Fsp3) is 0.0952. The average Bonchev–Trinajstić information content (AvgIpc) is 3.80. The third-order valence-electron chi connectivity index (χ3n) is 9.27. The number of benzene rings is 5. The molecular formula is C42H32F2N8O2. The standard InChI is InChI=1S/C23H16F2N4O.C19H16N4O/c1-28-12-16-15(5-4-7-20(16)27-28)14-9-18(24)17(19(25)10-14)13-29-22-8-3-2-6-21(22)26-11-23(29)30;1-22-13-16(10-21-22)15-8-6-14(7-9-15)12-23-18-5-3-2-4-17(18)20-11-19(23)24/h2-12H,13H2,1H3;2-11,13H,12H2,1H3. The summed E-state index contributed by atoms with van der Waals surface area (Å²) in [4.78, 5) is 32.8. The van der Waals surface area contributed by atoms with Crippen molar-refractivity contribution >= 4 is 33.0 Å². The number of hydrogen-bond donors (Lipinski definition) is 0. The lowest BCUT2D eigenvalue weighted by molar-refractivity contribution is 0.545. The zero-order valence-corrected chi connectivity index (χ0v) is 29.3. The molecule has 0 atom stereocenters. The summed E-state index contributed by atoms with van der Waals surface area (Å²) in [5.74, 6) is -1.42. The van der Waals surface area contributed by atoms with Crippen LogP contribution in [0, 0.1) is 11.6 Å². The molecule has 0 bridgehead atoms. The van der Waals surface area contributed by atoms with Crippen LogP contribution in [0.15, 0.2) is 144 Å². The molecule has 10 nitrogen and oxygen atoms in total.